The van der Waals surface area contributed by atoms with Gasteiger partial charge in [-0.15, -0.1) is 0 Å². The van der Waals surface area contributed by atoms with Crippen LogP contribution in [0.4, 0.5) is 5.69 Å². The summed E-state index contributed by atoms with van der Waals surface area (Å²) < 4.78 is 0. The molecule has 1 atom stereocenters. The molecular formula is C19H31FmN4O4-. The SMILES string of the molecule is CC(C)C(N[C-]=O)C(=O)NCC(=O)Nc1ccc(CON)cc1.CCCC.[Fm]. The van der Waals surface area contributed by atoms with Crippen LogP contribution in [0.3, 0.4) is 0 Å². The summed E-state index contributed by atoms with van der Waals surface area (Å²) in [5.74, 6) is 4.05. The van der Waals surface area contributed by atoms with Gasteiger partial charge in [0.2, 0.25) is 11.8 Å². The van der Waals surface area contributed by atoms with E-state index in [9.17, 15) is 14.4 Å². The Morgan fingerprint density at radius 1 is 1.14 bits per heavy atom. The first kappa shape index (κ1) is 26.8. The van der Waals surface area contributed by atoms with Gasteiger partial charge >= 0.3 is 0 Å². The summed E-state index contributed by atoms with van der Waals surface area (Å²) in [5.41, 5.74) is 1.46. The number of carbonyl (C=O) groups excluding carboxylic acids is 3. The van der Waals surface area contributed by atoms with Crippen LogP contribution >= 0.6 is 0 Å². The summed E-state index contributed by atoms with van der Waals surface area (Å²) in [6, 6.07) is 6.21. The molecule has 0 aliphatic heterocycles. The Kier molecular flexibility index (Phi) is 15.1. The molecule has 0 saturated carbocycles. The molecule has 1 aromatic rings. The second-order valence-electron chi connectivity index (χ2n) is 6.24. The second-order valence-corrected chi connectivity index (χ2v) is 6.24. The molecule has 1 unspecified atom stereocenters. The number of nitrogens with one attached hydrogen (secondary N) is 3. The summed E-state index contributed by atoms with van der Waals surface area (Å²) >= 11 is 0. The third-order valence-corrected chi connectivity index (χ3v) is 3.57. The smallest absolute Gasteiger partial charge is 0.243 e. The predicted octanol–water partition coefficient (Wildman–Crippen LogP) is 1.62. The Morgan fingerprint density at radius 2 is 1.71 bits per heavy atom. The summed E-state index contributed by atoms with van der Waals surface area (Å²) in [5, 5.41) is 7.42. The Balaban J connectivity index is 0. The van der Waals surface area contributed by atoms with E-state index >= 15 is 0 Å². The van der Waals surface area contributed by atoms with Crippen LogP contribution in [0.2, 0.25) is 0 Å². The maximum Gasteiger partial charge on any atom is 0.243 e. The van der Waals surface area contributed by atoms with Crippen molar-refractivity contribution in [2.75, 3.05) is 11.9 Å². The number of unbranched alkanes of at least 4 members (excludes halogenated alkanes) is 1. The van der Waals surface area contributed by atoms with Gasteiger partial charge in [0.1, 0.15) is 0 Å². The molecule has 3 amide bonds. The number of amides is 3. The van der Waals surface area contributed by atoms with E-state index < -0.39 is 11.9 Å². The van der Waals surface area contributed by atoms with Crippen molar-refractivity contribution >= 4 is 23.9 Å². The van der Waals surface area contributed by atoms with Crippen LogP contribution in [0.15, 0.2) is 24.3 Å². The predicted molar refractivity (Wildman–Crippen MR) is 105 cm³/mol. The summed E-state index contributed by atoms with van der Waals surface area (Å²) in [7, 11) is 0. The number of anilines is 1. The van der Waals surface area contributed by atoms with Crippen molar-refractivity contribution in [3.05, 3.63) is 29.8 Å². The van der Waals surface area contributed by atoms with Crippen LogP contribution in [0.25, 0.3) is 0 Å². The molecule has 0 aliphatic rings. The Bertz CT molecular complexity index is 566. The van der Waals surface area contributed by atoms with Gasteiger partial charge < -0.3 is 20.7 Å². The molecule has 0 heterocycles. The molecule has 5 N–H and O–H groups in total. The average molecular weight is 636 g/mol. The summed E-state index contributed by atoms with van der Waals surface area (Å²) in [4.78, 5) is 38.6. The third kappa shape index (κ3) is 11.2. The minimum Gasteiger partial charge on any atom is -0.520 e. The fourth-order valence-corrected chi connectivity index (χ4v) is 1.86. The zero-order valence-electron chi connectivity index (χ0n) is 16.8. The fraction of sp³-hybridized carbons (Fsp3) is 0.526. The molecule has 0 aromatic heterocycles. The van der Waals surface area contributed by atoms with Gasteiger partial charge in [-0.05, 0) is 23.6 Å². The van der Waals surface area contributed by atoms with Gasteiger partial charge in [-0.2, -0.15) is 6.41 Å². The molecule has 164 valence electrons. The topological polar surface area (TPSA) is 123 Å². The van der Waals surface area contributed by atoms with Crippen LogP contribution in [0.1, 0.15) is 46.1 Å². The largest absolute Gasteiger partial charge is 0.520 e. The quantitative estimate of drug-likeness (QED) is 0.177. The number of benzene rings is 1. The molecule has 0 saturated heterocycles. The van der Waals surface area contributed by atoms with Gasteiger partial charge in [0.15, 0.2) is 0 Å². The third-order valence-electron chi connectivity index (χ3n) is 3.57. The van der Waals surface area contributed by atoms with E-state index in [2.05, 4.69) is 34.6 Å². The van der Waals surface area contributed by atoms with Crippen molar-refractivity contribution in [1.82, 2.24) is 10.6 Å². The minimum atomic E-state index is -0.726. The molecule has 0 radical (unpaired) electrons. The molecule has 0 bridgehead atoms. The van der Waals surface area contributed by atoms with Gasteiger partial charge in [0.05, 0.1) is 19.2 Å². The van der Waals surface area contributed by atoms with Crippen molar-refractivity contribution < 1.29 is 19.2 Å². The monoisotopic (exact) mass is 636 g/mol. The van der Waals surface area contributed by atoms with Crippen LogP contribution in [0, 0.1) is 5.92 Å². The van der Waals surface area contributed by atoms with E-state index in [-0.39, 0.29) is 25.0 Å². The minimum absolute atomic E-state index is 0. The zero-order chi connectivity index (χ0) is 20.7. The van der Waals surface area contributed by atoms with E-state index in [1.165, 1.54) is 19.3 Å². The molecule has 0 spiro atoms. The summed E-state index contributed by atoms with van der Waals surface area (Å²) in [6.07, 6.45) is 4.13. The molecule has 1 rings (SSSR count). The zero-order valence-corrected chi connectivity index (χ0v) is 19.2. The van der Waals surface area contributed by atoms with Gasteiger partial charge in [0, 0.05) is 5.69 Å². The van der Waals surface area contributed by atoms with Crippen molar-refractivity contribution in [3.8, 4) is 0 Å². The summed E-state index contributed by atoms with van der Waals surface area (Å²) in [6.45, 7) is 8.00. The standard InChI is InChI=1S/C15H21N4O4.C4H10.Fm/c1-10(2)14(18-9-20)15(22)17-7-13(21)19-12-5-3-11(4-6-12)8-23-16;1-3-4-2;/h3-6,10,14H,7-8,16H2,1-2H3,(H,17,22)(H,18,20)(H,19,21);3-4H2,1-2H3;/q-1;;. The first-order valence-electron chi connectivity index (χ1n) is 9.00. The first-order chi connectivity index (χ1) is 12.9. The number of carbonyl (C=O) groups is 2. The van der Waals surface area contributed by atoms with Crippen LogP contribution in [-0.2, 0) is 25.8 Å². The van der Waals surface area contributed by atoms with E-state index in [1.54, 1.807) is 38.1 Å². The van der Waals surface area contributed by atoms with Crippen molar-refractivity contribution in [2.24, 2.45) is 11.8 Å². The van der Waals surface area contributed by atoms with Crippen molar-refractivity contribution in [1.29, 1.82) is 0 Å². The van der Waals surface area contributed by atoms with Gasteiger partial charge in [-0.25, -0.2) is 5.90 Å². The Labute approximate surface area is 161 Å². The maximum atomic E-state index is 11.9. The van der Waals surface area contributed by atoms with E-state index in [1.807, 2.05) is 0 Å². The van der Waals surface area contributed by atoms with Gasteiger partial charge in [-0.3, -0.25) is 14.4 Å². The van der Waals surface area contributed by atoms with E-state index in [4.69, 9.17) is 5.90 Å². The molecule has 1 aromatic carbocycles. The molecule has 0 fully saturated rings. The normalized spacial score (nSPS) is 10.6. The van der Waals surface area contributed by atoms with Crippen LogP contribution in [0.5, 0.6) is 0 Å². The Morgan fingerprint density at radius 3 is 2.14 bits per heavy atom. The first-order valence-corrected chi connectivity index (χ1v) is 9.00. The van der Waals surface area contributed by atoms with Crippen molar-refractivity contribution in [3.63, 3.8) is 0 Å². The number of rotatable bonds is 10. The number of hydrogen-bond acceptors (Lipinski definition) is 5. The fourth-order valence-electron chi connectivity index (χ4n) is 1.86. The maximum absolute atomic E-state index is 11.9. The van der Waals surface area contributed by atoms with Crippen LogP contribution < -0.4 is 21.8 Å². The Hall–Kier alpha value is -3.45. The number of hydrogen-bond donors (Lipinski definition) is 4. The van der Waals surface area contributed by atoms with E-state index in [0.717, 1.165) is 5.56 Å². The van der Waals surface area contributed by atoms with Crippen molar-refractivity contribution in [2.45, 2.75) is 53.2 Å². The van der Waals surface area contributed by atoms with Gasteiger partial charge in [0.25, 0.3) is 0 Å². The molecule has 0 aliphatic carbocycles. The van der Waals surface area contributed by atoms with E-state index in [0.29, 0.717) is 5.69 Å². The molecule has 8 nitrogen and oxygen atoms in total. The molecule has 9 heteroatoms. The van der Waals surface area contributed by atoms with Crippen LogP contribution in [-0.4, -0.2) is 30.8 Å². The molecular weight excluding hydrogens is 605 g/mol. The average Bonchev–Trinajstić information content (AvgIpc) is 2.66. The number of nitrogens with two attached hydrogens (primary N) is 1. The van der Waals surface area contributed by atoms with Gasteiger partial charge in [-0.1, -0.05) is 52.7 Å². The molecule has 28 heavy (non-hydrogen) atoms. The second kappa shape index (κ2) is 15.8.